The predicted molar refractivity (Wildman–Crippen MR) is 46.1 cm³/mol. The van der Waals surface area contributed by atoms with Gasteiger partial charge in [-0.1, -0.05) is 19.8 Å². The number of halogens is 4. The first-order chi connectivity index (χ1) is 6.90. The molecule has 0 aliphatic rings. The zero-order chi connectivity index (χ0) is 11.9. The molecular weight excluding hydrogens is 216 g/mol. The minimum absolute atomic E-state index is 0.00679. The van der Waals surface area contributed by atoms with Crippen molar-refractivity contribution in [1.82, 2.24) is 0 Å². The maximum atomic E-state index is 12.3. The molecule has 2 nitrogen and oxygen atoms in total. The van der Waals surface area contributed by atoms with E-state index in [0.29, 0.717) is 6.42 Å². The first-order valence-corrected chi connectivity index (χ1v) is 4.71. The molecule has 0 saturated heterocycles. The van der Waals surface area contributed by atoms with E-state index in [9.17, 15) is 22.4 Å². The van der Waals surface area contributed by atoms with Crippen LogP contribution in [-0.4, -0.2) is 24.9 Å². The summed E-state index contributed by atoms with van der Waals surface area (Å²) in [4.78, 5) is 10.8. The molecule has 0 heterocycles. The molecule has 0 unspecified atom stereocenters. The van der Waals surface area contributed by atoms with E-state index in [1.165, 1.54) is 0 Å². The molecule has 6 heteroatoms. The lowest BCUT2D eigenvalue weighted by Gasteiger charge is -2.14. The van der Waals surface area contributed by atoms with Gasteiger partial charge in [-0.3, -0.25) is 4.79 Å². The second-order valence-corrected chi connectivity index (χ2v) is 3.18. The SMILES string of the molecule is CCCCCC(=O)OCC(F)(F)C(F)F. The highest BCUT2D eigenvalue weighted by atomic mass is 19.3. The lowest BCUT2D eigenvalue weighted by molar-refractivity contribution is -0.179. The summed E-state index contributed by atoms with van der Waals surface area (Å²) in [5.41, 5.74) is 0. The Morgan fingerprint density at radius 3 is 2.40 bits per heavy atom. The average molecular weight is 230 g/mol. The molecule has 0 aliphatic heterocycles. The Morgan fingerprint density at radius 2 is 1.93 bits per heavy atom. The number of hydrogen-bond acceptors (Lipinski definition) is 2. The van der Waals surface area contributed by atoms with Crippen LogP contribution in [0.3, 0.4) is 0 Å². The number of ether oxygens (including phenoxy) is 1. The van der Waals surface area contributed by atoms with Crippen LogP contribution in [0.25, 0.3) is 0 Å². The third-order valence-electron chi connectivity index (χ3n) is 1.73. The molecule has 90 valence electrons. The summed E-state index contributed by atoms with van der Waals surface area (Å²) in [6, 6.07) is 0. The molecule has 0 rings (SSSR count). The van der Waals surface area contributed by atoms with Crippen molar-refractivity contribution in [1.29, 1.82) is 0 Å². The third kappa shape index (κ3) is 6.30. The van der Waals surface area contributed by atoms with Crippen molar-refractivity contribution in [2.45, 2.75) is 45.0 Å². The van der Waals surface area contributed by atoms with Crippen molar-refractivity contribution >= 4 is 5.97 Å². The molecule has 0 saturated carbocycles. The number of carbonyl (C=O) groups excluding carboxylic acids is 1. The second kappa shape index (κ2) is 6.63. The van der Waals surface area contributed by atoms with Crippen molar-refractivity contribution in [3.63, 3.8) is 0 Å². The smallest absolute Gasteiger partial charge is 0.340 e. The lowest BCUT2D eigenvalue weighted by atomic mass is 10.2. The number of unbranched alkanes of at least 4 members (excludes halogenated alkanes) is 2. The Kier molecular flexibility index (Phi) is 6.27. The average Bonchev–Trinajstić information content (AvgIpc) is 2.15. The van der Waals surface area contributed by atoms with Gasteiger partial charge in [0.1, 0.15) is 0 Å². The third-order valence-corrected chi connectivity index (χ3v) is 1.73. The molecular formula is C9H14F4O2. The van der Waals surface area contributed by atoms with E-state index < -0.39 is 24.9 Å². The van der Waals surface area contributed by atoms with Gasteiger partial charge in [-0.15, -0.1) is 0 Å². The van der Waals surface area contributed by atoms with Crippen LogP contribution in [0.1, 0.15) is 32.6 Å². The Bertz CT molecular complexity index is 195. The van der Waals surface area contributed by atoms with Gasteiger partial charge in [-0.25, -0.2) is 8.78 Å². The molecule has 15 heavy (non-hydrogen) atoms. The molecule has 0 aromatic heterocycles. The van der Waals surface area contributed by atoms with Crippen molar-refractivity contribution in [3.05, 3.63) is 0 Å². The first kappa shape index (κ1) is 14.2. The molecule has 0 N–H and O–H groups in total. The number of esters is 1. The molecule has 0 aromatic rings. The van der Waals surface area contributed by atoms with Crippen LogP contribution in [0.2, 0.25) is 0 Å². The highest BCUT2D eigenvalue weighted by molar-refractivity contribution is 5.69. The normalized spacial score (nSPS) is 11.9. The summed E-state index contributed by atoms with van der Waals surface area (Å²) >= 11 is 0. The molecule has 0 atom stereocenters. The summed E-state index contributed by atoms with van der Waals surface area (Å²) in [5, 5.41) is 0. The Morgan fingerprint density at radius 1 is 1.33 bits per heavy atom. The maximum Gasteiger partial charge on any atom is 0.340 e. The highest BCUT2D eigenvalue weighted by Crippen LogP contribution is 2.23. The standard InChI is InChI=1S/C9H14F4O2/c1-2-3-4-5-7(14)15-6-9(12,13)8(10)11/h8H,2-6H2,1H3. The Hall–Kier alpha value is -0.810. The van der Waals surface area contributed by atoms with Gasteiger partial charge in [-0.05, 0) is 6.42 Å². The number of hydrogen-bond donors (Lipinski definition) is 0. The van der Waals surface area contributed by atoms with E-state index in [2.05, 4.69) is 4.74 Å². The van der Waals surface area contributed by atoms with Crippen LogP contribution in [0.5, 0.6) is 0 Å². The van der Waals surface area contributed by atoms with E-state index >= 15 is 0 Å². The van der Waals surface area contributed by atoms with Crippen molar-refractivity contribution in [2.75, 3.05) is 6.61 Å². The van der Waals surface area contributed by atoms with E-state index in [1.807, 2.05) is 6.92 Å². The van der Waals surface area contributed by atoms with E-state index in [-0.39, 0.29) is 6.42 Å². The Labute approximate surface area is 85.6 Å². The van der Waals surface area contributed by atoms with Gasteiger partial charge in [0.2, 0.25) is 0 Å². The lowest BCUT2D eigenvalue weighted by Crippen LogP contribution is -2.33. The molecule has 0 bridgehead atoms. The minimum Gasteiger partial charge on any atom is -0.459 e. The molecule has 0 amide bonds. The van der Waals surface area contributed by atoms with E-state index in [1.54, 1.807) is 0 Å². The molecule has 0 radical (unpaired) electrons. The summed E-state index contributed by atoms with van der Waals surface area (Å²) in [5.74, 6) is -5.11. The predicted octanol–water partition coefficient (Wildman–Crippen LogP) is 3.01. The van der Waals surface area contributed by atoms with Crippen molar-refractivity contribution < 1.29 is 27.1 Å². The largest absolute Gasteiger partial charge is 0.459 e. The van der Waals surface area contributed by atoms with Gasteiger partial charge < -0.3 is 4.74 Å². The van der Waals surface area contributed by atoms with E-state index in [4.69, 9.17) is 0 Å². The fourth-order valence-corrected chi connectivity index (χ4v) is 0.831. The highest BCUT2D eigenvalue weighted by Gasteiger charge is 2.42. The van der Waals surface area contributed by atoms with Gasteiger partial charge in [0.05, 0.1) is 0 Å². The van der Waals surface area contributed by atoms with Crippen LogP contribution >= 0.6 is 0 Å². The number of rotatable bonds is 7. The number of carbonyl (C=O) groups is 1. The van der Waals surface area contributed by atoms with Crippen LogP contribution in [-0.2, 0) is 9.53 Å². The second-order valence-electron chi connectivity index (χ2n) is 3.18. The van der Waals surface area contributed by atoms with Gasteiger partial charge in [-0.2, -0.15) is 8.78 Å². The zero-order valence-corrected chi connectivity index (χ0v) is 8.44. The van der Waals surface area contributed by atoms with Gasteiger partial charge in [0, 0.05) is 6.42 Å². The topological polar surface area (TPSA) is 26.3 Å². The summed E-state index contributed by atoms with van der Waals surface area (Å²) in [6.45, 7) is 0.367. The Balaban J connectivity index is 3.71. The van der Waals surface area contributed by atoms with Crippen LogP contribution in [0.4, 0.5) is 17.6 Å². The van der Waals surface area contributed by atoms with Crippen LogP contribution in [0, 0.1) is 0 Å². The maximum absolute atomic E-state index is 12.3. The molecule has 0 aliphatic carbocycles. The monoisotopic (exact) mass is 230 g/mol. The van der Waals surface area contributed by atoms with Crippen LogP contribution in [0.15, 0.2) is 0 Å². The summed E-state index contributed by atoms with van der Waals surface area (Å²) < 4.78 is 51.8. The van der Waals surface area contributed by atoms with Crippen molar-refractivity contribution in [2.24, 2.45) is 0 Å². The summed E-state index contributed by atoms with van der Waals surface area (Å²) in [7, 11) is 0. The molecule has 0 fully saturated rings. The van der Waals surface area contributed by atoms with E-state index in [0.717, 1.165) is 12.8 Å². The van der Waals surface area contributed by atoms with Crippen LogP contribution < -0.4 is 0 Å². The molecule has 0 aromatic carbocycles. The fourth-order valence-electron chi connectivity index (χ4n) is 0.831. The first-order valence-electron chi connectivity index (χ1n) is 4.71. The minimum atomic E-state index is -4.25. The van der Waals surface area contributed by atoms with Gasteiger partial charge in [0.25, 0.3) is 0 Å². The van der Waals surface area contributed by atoms with Gasteiger partial charge >= 0.3 is 18.3 Å². The van der Waals surface area contributed by atoms with Gasteiger partial charge in [0.15, 0.2) is 6.61 Å². The fraction of sp³-hybridized carbons (Fsp3) is 0.889. The molecule has 0 spiro atoms. The quantitative estimate of drug-likeness (QED) is 0.382. The van der Waals surface area contributed by atoms with Crippen molar-refractivity contribution in [3.8, 4) is 0 Å². The summed E-state index contributed by atoms with van der Waals surface area (Å²) in [6.07, 6.45) is -1.63. The number of alkyl halides is 4. The zero-order valence-electron chi connectivity index (χ0n) is 8.44.